The molecule has 0 fully saturated rings. The van der Waals surface area contributed by atoms with Crippen LogP contribution < -0.4 is 0 Å². The fraction of sp³-hybridized carbons (Fsp3) is 0.250. The number of hydrogen-bond acceptors (Lipinski definition) is 3. The van der Waals surface area contributed by atoms with Crippen LogP contribution in [-0.2, 0) is 7.05 Å². The third-order valence-corrected chi connectivity index (χ3v) is 0.834. The Bertz CT molecular complexity index is 244. The Labute approximate surface area is 55.2 Å². The summed E-state index contributed by atoms with van der Waals surface area (Å²) in [6.45, 7) is 0. The number of hydrogen-bond donors (Lipinski definition) is 2. The number of aromatic carboxylic acids is 1. The second-order valence-corrected chi connectivity index (χ2v) is 1.58. The van der Waals surface area contributed by atoms with Gasteiger partial charge in [-0.15, -0.1) is 0 Å². The summed E-state index contributed by atoms with van der Waals surface area (Å²) in [5.41, 5.74) is -0.141. The summed E-state index contributed by atoms with van der Waals surface area (Å²) in [6.07, 6.45) is 1.03. The predicted molar refractivity (Wildman–Crippen MR) is 28.9 cm³/mol. The largest absolute Gasteiger partial charge is 0.476 e. The standard InChI is InChI=1S/C4H6N2O4/c1-6-9-2-3(4(7)8)5-10-6/h2,5H,1H3,(H,7,8). The van der Waals surface area contributed by atoms with E-state index < -0.39 is 5.97 Å². The maximum absolute atomic E-state index is 10.2. The summed E-state index contributed by atoms with van der Waals surface area (Å²) in [5.74, 6) is -1.13. The van der Waals surface area contributed by atoms with E-state index in [2.05, 4.69) is 14.3 Å². The third kappa shape index (κ3) is 1.22. The molecule has 6 nitrogen and oxygen atoms in total. The molecule has 0 aromatic carbocycles. The summed E-state index contributed by atoms with van der Waals surface area (Å²) in [5, 5.41) is 10.4. The minimum absolute atomic E-state index is 0.141. The van der Waals surface area contributed by atoms with Crippen molar-refractivity contribution in [3.8, 4) is 0 Å². The lowest BCUT2D eigenvalue weighted by atomic mass is 10.5. The van der Waals surface area contributed by atoms with E-state index in [9.17, 15) is 4.79 Å². The van der Waals surface area contributed by atoms with Gasteiger partial charge in [0.2, 0.25) is 0 Å². The molecule has 1 aromatic rings. The van der Waals surface area contributed by atoms with Crippen LogP contribution in [0.5, 0.6) is 0 Å². The molecule has 0 amide bonds. The maximum Gasteiger partial charge on any atom is 0.358 e. The molecule has 0 bridgehead atoms. The maximum atomic E-state index is 10.2. The predicted octanol–water partition coefficient (Wildman–Crippen LogP) is 0.362. The van der Waals surface area contributed by atoms with Crippen molar-refractivity contribution in [2.24, 2.45) is 7.05 Å². The van der Waals surface area contributed by atoms with Crippen LogP contribution in [0.3, 0.4) is 0 Å². The lowest BCUT2D eigenvalue weighted by molar-refractivity contribution is 0.0149. The molecule has 1 rings (SSSR count). The normalized spacial score (nSPS) is 9.30. The number of aryl methyl sites for hydroxylation is 1. The van der Waals surface area contributed by atoms with Crippen molar-refractivity contribution in [2.75, 3.05) is 0 Å². The van der Waals surface area contributed by atoms with E-state index in [4.69, 9.17) is 5.11 Å². The van der Waals surface area contributed by atoms with E-state index in [-0.39, 0.29) is 5.69 Å². The van der Waals surface area contributed by atoms with E-state index in [1.165, 1.54) is 7.05 Å². The van der Waals surface area contributed by atoms with Crippen LogP contribution in [0.1, 0.15) is 10.5 Å². The molecule has 10 heavy (non-hydrogen) atoms. The van der Waals surface area contributed by atoms with Crippen LogP contribution in [0, 0.1) is 0 Å². The van der Waals surface area contributed by atoms with Gasteiger partial charge in [0.25, 0.3) is 0 Å². The highest BCUT2D eigenvalue weighted by Crippen LogP contribution is 1.90. The number of aromatic amines is 1. The Hall–Kier alpha value is -1.59. The van der Waals surface area contributed by atoms with Gasteiger partial charge in [-0.3, -0.25) is 4.63 Å². The number of rotatable bonds is 1. The second kappa shape index (κ2) is 2.34. The molecule has 0 aliphatic rings. The van der Waals surface area contributed by atoms with E-state index >= 15 is 0 Å². The minimum atomic E-state index is -1.13. The van der Waals surface area contributed by atoms with Crippen LogP contribution in [0.4, 0.5) is 0 Å². The molecule has 1 heterocycles. The molecule has 0 unspecified atom stereocenters. The zero-order chi connectivity index (χ0) is 7.56. The number of nitrogens with one attached hydrogen (secondary N) is 1. The van der Waals surface area contributed by atoms with E-state index in [0.29, 0.717) is 0 Å². The molecule has 6 heteroatoms. The van der Waals surface area contributed by atoms with Gasteiger partial charge < -0.3 is 9.63 Å². The molecular weight excluding hydrogens is 140 g/mol. The Balaban J connectivity index is 3.00. The molecule has 56 valence electrons. The summed E-state index contributed by atoms with van der Waals surface area (Å²) >= 11 is 0. The minimum Gasteiger partial charge on any atom is -0.476 e. The van der Waals surface area contributed by atoms with Crippen LogP contribution >= 0.6 is 0 Å². The molecule has 0 spiro atoms. The second-order valence-electron chi connectivity index (χ2n) is 1.58. The van der Waals surface area contributed by atoms with Gasteiger partial charge in [0.15, 0.2) is 12.0 Å². The molecule has 2 N–H and O–H groups in total. The zero-order valence-corrected chi connectivity index (χ0v) is 5.20. The van der Waals surface area contributed by atoms with Crippen molar-refractivity contribution in [1.29, 1.82) is 0 Å². The van der Waals surface area contributed by atoms with Crippen LogP contribution in [0.2, 0.25) is 0 Å². The van der Waals surface area contributed by atoms with E-state index in [1.54, 1.807) is 0 Å². The molecule has 1 aromatic heterocycles. The topological polar surface area (TPSA) is 84.3 Å². The highest BCUT2D eigenvalue weighted by atomic mass is 16.7. The van der Waals surface area contributed by atoms with Crippen molar-refractivity contribution in [3.63, 3.8) is 0 Å². The van der Waals surface area contributed by atoms with Gasteiger partial charge in [-0.25, -0.2) is 4.79 Å². The molecule has 0 saturated carbocycles. The van der Waals surface area contributed by atoms with Crippen molar-refractivity contribution >= 4 is 5.97 Å². The van der Waals surface area contributed by atoms with Crippen molar-refractivity contribution < 1.29 is 19.1 Å². The first-order valence-corrected chi connectivity index (χ1v) is 2.47. The van der Waals surface area contributed by atoms with Crippen molar-refractivity contribution in [1.82, 2.24) is 10.1 Å². The first-order chi connectivity index (χ1) is 4.70. The van der Waals surface area contributed by atoms with Crippen LogP contribution in [-0.4, -0.2) is 21.1 Å². The highest BCUT2D eigenvalue weighted by molar-refractivity contribution is 5.84. The Morgan fingerprint density at radius 1 is 1.90 bits per heavy atom. The van der Waals surface area contributed by atoms with Crippen molar-refractivity contribution in [3.05, 3.63) is 12.0 Å². The number of carbonyl (C=O) groups is 1. The Morgan fingerprint density at radius 2 is 2.60 bits per heavy atom. The van der Waals surface area contributed by atoms with Crippen LogP contribution in [0.25, 0.3) is 0 Å². The number of carboxylic acids is 1. The first-order valence-electron chi connectivity index (χ1n) is 2.47. The van der Waals surface area contributed by atoms with Gasteiger partial charge in [-0.1, -0.05) is 0 Å². The zero-order valence-electron chi connectivity index (χ0n) is 5.20. The highest BCUT2D eigenvalue weighted by Gasteiger charge is 2.02. The van der Waals surface area contributed by atoms with Gasteiger partial charge in [0.1, 0.15) is 0 Å². The third-order valence-electron chi connectivity index (χ3n) is 0.834. The molecule has 0 saturated heterocycles. The summed E-state index contributed by atoms with van der Waals surface area (Å²) < 4.78 is 9.02. The summed E-state index contributed by atoms with van der Waals surface area (Å²) in [4.78, 5) is 11.1. The van der Waals surface area contributed by atoms with Gasteiger partial charge in [0, 0.05) is 0 Å². The van der Waals surface area contributed by atoms with Gasteiger partial charge in [-0.2, -0.15) is 5.16 Å². The lowest BCUT2D eigenvalue weighted by Crippen LogP contribution is -2.02. The molecule has 0 aliphatic heterocycles. The molecule has 0 atom stereocenters. The Morgan fingerprint density at radius 3 is 3.00 bits per heavy atom. The quantitative estimate of drug-likeness (QED) is 0.599. The average Bonchev–Trinajstić information content (AvgIpc) is 1.88. The van der Waals surface area contributed by atoms with Gasteiger partial charge in [0.05, 0.1) is 7.05 Å². The van der Waals surface area contributed by atoms with E-state index in [1.807, 2.05) is 0 Å². The Kier molecular flexibility index (Phi) is 1.53. The fourth-order valence-electron chi connectivity index (χ4n) is 0.380. The smallest absolute Gasteiger partial charge is 0.358 e. The summed E-state index contributed by atoms with van der Waals surface area (Å²) in [7, 11) is 1.47. The number of carboxylic acid groups (broad SMARTS) is 1. The lowest BCUT2D eigenvalue weighted by Gasteiger charge is -1.95. The average molecular weight is 146 g/mol. The van der Waals surface area contributed by atoms with E-state index in [0.717, 1.165) is 11.2 Å². The SMILES string of the molecule is Cn1occ(C(=O)O)[nH]o1. The fourth-order valence-corrected chi connectivity index (χ4v) is 0.380. The monoisotopic (exact) mass is 146 g/mol. The molecule has 0 radical (unpaired) electrons. The number of nitrogens with zero attached hydrogens (tertiary/aromatic N) is 1. The first kappa shape index (κ1) is 6.53. The van der Waals surface area contributed by atoms with Gasteiger partial charge in [-0.05, 0) is 4.91 Å². The van der Waals surface area contributed by atoms with Crippen molar-refractivity contribution in [2.45, 2.75) is 0 Å². The summed E-state index contributed by atoms with van der Waals surface area (Å²) in [6, 6.07) is 0. The molecule has 0 aliphatic carbocycles. The number of H-pyrrole nitrogens is 1. The van der Waals surface area contributed by atoms with Gasteiger partial charge >= 0.3 is 5.97 Å². The number of aromatic nitrogens is 2. The molecular formula is C4H6N2O4. The van der Waals surface area contributed by atoms with Crippen LogP contribution in [0.15, 0.2) is 15.4 Å².